The second-order valence-electron chi connectivity index (χ2n) is 3.26. The molecule has 16 heavy (non-hydrogen) atoms. The van der Waals surface area contributed by atoms with Crippen molar-refractivity contribution in [3.8, 4) is 0 Å². The molecule has 4 nitrogen and oxygen atoms in total. The Bertz CT molecular complexity index is 447. The van der Waals surface area contributed by atoms with Crippen LogP contribution in [0.5, 0.6) is 0 Å². The summed E-state index contributed by atoms with van der Waals surface area (Å²) in [6.45, 7) is 0.821. The predicted octanol–water partition coefficient (Wildman–Crippen LogP) is 2.29. The Morgan fingerprint density at radius 1 is 1.25 bits per heavy atom. The maximum Gasteiger partial charge on any atom is 0.143 e. The number of rotatable bonds is 4. The van der Waals surface area contributed by atoms with Gasteiger partial charge in [-0.2, -0.15) is 0 Å². The third kappa shape index (κ3) is 3.00. The van der Waals surface area contributed by atoms with Gasteiger partial charge in [0.05, 0.1) is 4.47 Å². The van der Waals surface area contributed by atoms with Crippen LogP contribution in [0.2, 0.25) is 0 Å². The van der Waals surface area contributed by atoms with E-state index in [0.717, 1.165) is 23.3 Å². The first-order valence-corrected chi connectivity index (χ1v) is 5.74. The fraction of sp³-hybridized carbons (Fsp3) is 0.182. The first-order chi connectivity index (χ1) is 7.86. The van der Waals surface area contributed by atoms with Crippen molar-refractivity contribution >= 4 is 21.7 Å². The third-order valence-corrected chi connectivity index (χ3v) is 2.68. The van der Waals surface area contributed by atoms with Gasteiger partial charge in [0.1, 0.15) is 12.1 Å². The van der Waals surface area contributed by atoms with Crippen molar-refractivity contribution in [2.45, 2.75) is 6.42 Å². The van der Waals surface area contributed by atoms with Crippen LogP contribution in [0.4, 0.5) is 5.82 Å². The fourth-order valence-corrected chi connectivity index (χ4v) is 1.67. The van der Waals surface area contributed by atoms with Crippen molar-refractivity contribution in [3.05, 3.63) is 47.1 Å². The standard InChI is InChI=1S/C11H11BrN4/c12-10-7-14-8-16-11(10)15-5-3-9-2-1-4-13-6-9/h1-2,4,6-8H,3,5H2,(H,14,15,16). The van der Waals surface area contributed by atoms with Gasteiger partial charge in [-0.1, -0.05) is 6.07 Å². The summed E-state index contributed by atoms with van der Waals surface area (Å²) in [5.74, 6) is 0.818. The molecular weight excluding hydrogens is 268 g/mol. The number of aromatic nitrogens is 3. The zero-order chi connectivity index (χ0) is 11.2. The number of halogens is 1. The Balaban J connectivity index is 1.87. The third-order valence-electron chi connectivity index (χ3n) is 2.10. The molecule has 0 radical (unpaired) electrons. The highest BCUT2D eigenvalue weighted by atomic mass is 79.9. The average molecular weight is 279 g/mol. The van der Waals surface area contributed by atoms with Crippen molar-refractivity contribution in [2.24, 2.45) is 0 Å². The average Bonchev–Trinajstić information content (AvgIpc) is 2.33. The minimum atomic E-state index is 0.818. The second kappa shape index (κ2) is 5.55. The summed E-state index contributed by atoms with van der Waals surface area (Å²) in [4.78, 5) is 12.1. The molecule has 0 bridgehead atoms. The number of hydrogen-bond acceptors (Lipinski definition) is 4. The zero-order valence-corrected chi connectivity index (χ0v) is 10.2. The molecule has 0 saturated carbocycles. The van der Waals surface area contributed by atoms with Crippen molar-refractivity contribution in [1.29, 1.82) is 0 Å². The Labute approximate surface area is 102 Å². The van der Waals surface area contributed by atoms with E-state index in [-0.39, 0.29) is 0 Å². The Morgan fingerprint density at radius 2 is 2.19 bits per heavy atom. The van der Waals surface area contributed by atoms with Gasteiger partial charge in [-0.3, -0.25) is 4.98 Å². The van der Waals surface area contributed by atoms with E-state index in [1.807, 2.05) is 12.3 Å². The molecule has 0 aromatic carbocycles. The highest BCUT2D eigenvalue weighted by molar-refractivity contribution is 9.10. The lowest BCUT2D eigenvalue weighted by Gasteiger charge is -2.06. The summed E-state index contributed by atoms with van der Waals surface area (Å²) >= 11 is 3.38. The molecule has 0 atom stereocenters. The number of nitrogens with zero attached hydrogens (tertiary/aromatic N) is 3. The lowest BCUT2D eigenvalue weighted by Crippen LogP contribution is -2.07. The monoisotopic (exact) mass is 278 g/mol. The van der Waals surface area contributed by atoms with Crippen LogP contribution in [0.25, 0.3) is 0 Å². The second-order valence-corrected chi connectivity index (χ2v) is 4.11. The predicted molar refractivity (Wildman–Crippen MR) is 66.2 cm³/mol. The smallest absolute Gasteiger partial charge is 0.143 e. The minimum Gasteiger partial charge on any atom is -0.369 e. The Morgan fingerprint density at radius 3 is 2.94 bits per heavy atom. The molecular formula is C11H11BrN4. The molecule has 2 rings (SSSR count). The van der Waals surface area contributed by atoms with Gasteiger partial charge < -0.3 is 5.32 Å². The largest absolute Gasteiger partial charge is 0.369 e. The van der Waals surface area contributed by atoms with E-state index in [4.69, 9.17) is 0 Å². The van der Waals surface area contributed by atoms with Gasteiger partial charge >= 0.3 is 0 Å². The molecule has 1 N–H and O–H groups in total. The highest BCUT2D eigenvalue weighted by Crippen LogP contribution is 2.16. The first-order valence-electron chi connectivity index (χ1n) is 4.94. The van der Waals surface area contributed by atoms with Gasteiger partial charge in [0.2, 0.25) is 0 Å². The van der Waals surface area contributed by atoms with E-state index >= 15 is 0 Å². The van der Waals surface area contributed by atoms with Gasteiger partial charge in [0, 0.05) is 25.1 Å². The fourth-order valence-electron chi connectivity index (χ4n) is 1.31. The quantitative estimate of drug-likeness (QED) is 0.933. The summed E-state index contributed by atoms with van der Waals surface area (Å²) in [5, 5.41) is 3.24. The van der Waals surface area contributed by atoms with Crippen LogP contribution in [0.15, 0.2) is 41.5 Å². The summed E-state index contributed by atoms with van der Waals surface area (Å²) in [6, 6.07) is 4.00. The molecule has 0 aliphatic rings. The molecule has 0 amide bonds. The number of pyridine rings is 1. The summed E-state index contributed by atoms with van der Waals surface area (Å²) in [6.07, 6.45) is 7.81. The van der Waals surface area contributed by atoms with Crippen molar-refractivity contribution in [2.75, 3.05) is 11.9 Å². The molecule has 0 spiro atoms. The number of anilines is 1. The number of nitrogens with one attached hydrogen (secondary N) is 1. The van der Waals surface area contributed by atoms with E-state index in [1.165, 1.54) is 11.9 Å². The van der Waals surface area contributed by atoms with Crippen LogP contribution >= 0.6 is 15.9 Å². The molecule has 82 valence electrons. The SMILES string of the molecule is Brc1cncnc1NCCc1cccnc1. The maximum atomic E-state index is 4.12. The topological polar surface area (TPSA) is 50.7 Å². The lowest BCUT2D eigenvalue weighted by molar-refractivity contribution is 0.985. The van der Waals surface area contributed by atoms with E-state index in [2.05, 4.69) is 42.3 Å². The highest BCUT2D eigenvalue weighted by Gasteiger charge is 1.99. The normalized spacial score (nSPS) is 10.1. The van der Waals surface area contributed by atoms with E-state index < -0.39 is 0 Å². The van der Waals surface area contributed by atoms with Crippen LogP contribution in [0.1, 0.15) is 5.56 Å². The summed E-state index contributed by atoms with van der Waals surface area (Å²) < 4.78 is 0.876. The van der Waals surface area contributed by atoms with Crippen LogP contribution in [-0.2, 0) is 6.42 Å². The van der Waals surface area contributed by atoms with E-state index in [0.29, 0.717) is 0 Å². The van der Waals surface area contributed by atoms with Crippen molar-refractivity contribution < 1.29 is 0 Å². The molecule has 2 aromatic heterocycles. The minimum absolute atomic E-state index is 0.818. The van der Waals surface area contributed by atoms with Gasteiger partial charge in [0.25, 0.3) is 0 Å². The zero-order valence-electron chi connectivity index (χ0n) is 8.60. The van der Waals surface area contributed by atoms with Gasteiger partial charge in [-0.25, -0.2) is 9.97 Å². The van der Waals surface area contributed by atoms with Crippen LogP contribution in [0, 0.1) is 0 Å². The lowest BCUT2D eigenvalue weighted by atomic mass is 10.2. The van der Waals surface area contributed by atoms with Crippen LogP contribution < -0.4 is 5.32 Å². The molecule has 5 heteroatoms. The molecule has 2 heterocycles. The summed E-state index contributed by atoms with van der Waals surface area (Å²) in [7, 11) is 0. The molecule has 0 aliphatic heterocycles. The Kier molecular flexibility index (Phi) is 3.82. The van der Waals surface area contributed by atoms with Gasteiger partial charge in [-0.05, 0) is 34.0 Å². The molecule has 0 saturated heterocycles. The molecule has 2 aromatic rings. The van der Waals surface area contributed by atoms with Crippen LogP contribution in [-0.4, -0.2) is 21.5 Å². The molecule has 0 aliphatic carbocycles. The van der Waals surface area contributed by atoms with Gasteiger partial charge in [-0.15, -0.1) is 0 Å². The molecule has 0 unspecified atom stereocenters. The van der Waals surface area contributed by atoms with Gasteiger partial charge in [0.15, 0.2) is 0 Å². The van der Waals surface area contributed by atoms with E-state index in [9.17, 15) is 0 Å². The first kappa shape index (κ1) is 11.0. The summed E-state index contributed by atoms with van der Waals surface area (Å²) in [5.41, 5.74) is 1.21. The molecule has 0 fully saturated rings. The van der Waals surface area contributed by atoms with Crippen molar-refractivity contribution in [1.82, 2.24) is 15.0 Å². The Hall–Kier alpha value is -1.49. The van der Waals surface area contributed by atoms with E-state index in [1.54, 1.807) is 12.4 Å². The van der Waals surface area contributed by atoms with Crippen LogP contribution in [0.3, 0.4) is 0 Å². The number of hydrogen-bond donors (Lipinski definition) is 1. The maximum absolute atomic E-state index is 4.12. The van der Waals surface area contributed by atoms with Crippen molar-refractivity contribution in [3.63, 3.8) is 0 Å².